The zero-order valence-electron chi connectivity index (χ0n) is 15.5. The van der Waals surface area contributed by atoms with Crippen LogP contribution in [0.2, 0.25) is 0 Å². The SMILES string of the molecule is COC(=O)[C@H](Cc1ccccc1)N1CCN(C(=O)OC(C)(C)C)CC1. The van der Waals surface area contributed by atoms with E-state index in [4.69, 9.17) is 9.47 Å². The lowest BCUT2D eigenvalue weighted by Gasteiger charge is -2.38. The minimum atomic E-state index is -0.504. The van der Waals surface area contributed by atoms with E-state index in [1.165, 1.54) is 7.11 Å². The van der Waals surface area contributed by atoms with E-state index in [2.05, 4.69) is 4.90 Å². The second-order valence-corrected chi connectivity index (χ2v) is 7.23. The quantitative estimate of drug-likeness (QED) is 0.782. The minimum Gasteiger partial charge on any atom is -0.468 e. The molecule has 0 aliphatic carbocycles. The molecule has 1 aliphatic heterocycles. The average Bonchev–Trinajstić information content (AvgIpc) is 2.58. The molecule has 1 atom stereocenters. The summed E-state index contributed by atoms with van der Waals surface area (Å²) in [6, 6.07) is 9.55. The minimum absolute atomic E-state index is 0.241. The number of rotatable bonds is 4. The molecule has 6 heteroatoms. The standard InChI is InChI=1S/C19H28N2O4/c1-19(2,3)25-18(23)21-12-10-20(11-13-21)16(17(22)24-4)14-15-8-6-5-7-9-15/h5-9,16H,10-14H2,1-4H3/t16-/m0/s1. The molecule has 0 N–H and O–H groups in total. The van der Waals surface area contributed by atoms with Crippen molar-refractivity contribution in [1.29, 1.82) is 0 Å². The molecule has 25 heavy (non-hydrogen) atoms. The molecule has 0 spiro atoms. The van der Waals surface area contributed by atoms with E-state index in [0.29, 0.717) is 32.6 Å². The maximum atomic E-state index is 12.2. The summed E-state index contributed by atoms with van der Waals surface area (Å²) in [6.07, 6.45) is 0.296. The van der Waals surface area contributed by atoms with Crippen LogP contribution in [-0.4, -0.2) is 66.8 Å². The van der Waals surface area contributed by atoms with Crippen molar-refractivity contribution in [2.75, 3.05) is 33.3 Å². The molecular formula is C19H28N2O4. The number of benzene rings is 1. The van der Waals surface area contributed by atoms with Crippen LogP contribution in [0.1, 0.15) is 26.3 Å². The molecule has 0 radical (unpaired) electrons. The molecule has 1 aromatic carbocycles. The van der Waals surface area contributed by atoms with Gasteiger partial charge in [0.15, 0.2) is 0 Å². The van der Waals surface area contributed by atoms with Crippen LogP contribution >= 0.6 is 0 Å². The summed E-state index contributed by atoms with van der Waals surface area (Å²) in [5.41, 5.74) is 0.586. The summed E-state index contributed by atoms with van der Waals surface area (Å²) in [5.74, 6) is -0.241. The van der Waals surface area contributed by atoms with E-state index < -0.39 is 5.60 Å². The number of hydrogen-bond donors (Lipinski definition) is 0. The van der Waals surface area contributed by atoms with Crippen LogP contribution < -0.4 is 0 Å². The summed E-state index contributed by atoms with van der Waals surface area (Å²) >= 11 is 0. The number of ether oxygens (including phenoxy) is 2. The predicted octanol–water partition coefficient (Wildman–Crippen LogP) is 2.32. The summed E-state index contributed by atoms with van der Waals surface area (Å²) in [6.45, 7) is 7.88. The van der Waals surface area contributed by atoms with Crippen molar-refractivity contribution in [3.05, 3.63) is 35.9 Å². The largest absolute Gasteiger partial charge is 0.468 e. The fourth-order valence-corrected chi connectivity index (χ4v) is 2.88. The molecule has 1 aromatic rings. The van der Waals surface area contributed by atoms with Crippen LogP contribution in [0.15, 0.2) is 30.3 Å². The number of piperazine rings is 1. The first-order chi connectivity index (χ1) is 11.8. The molecule has 0 unspecified atom stereocenters. The maximum Gasteiger partial charge on any atom is 0.410 e. The van der Waals surface area contributed by atoms with Crippen LogP contribution in [0.5, 0.6) is 0 Å². The second kappa shape index (κ2) is 8.34. The molecule has 138 valence electrons. The van der Waals surface area contributed by atoms with Crippen molar-refractivity contribution >= 4 is 12.1 Å². The Hall–Kier alpha value is -2.08. The molecule has 2 rings (SSSR count). The highest BCUT2D eigenvalue weighted by molar-refractivity contribution is 5.76. The van der Waals surface area contributed by atoms with E-state index in [-0.39, 0.29) is 18.1 Å². The maximum absolute atomic E-state index is 12.2. The van der Waals surface area contributed by atoms with Crippen LogP contribution in [0.3, 0.4) is 0 Å². The zero-order chi connectivity index (χ0) is 18.4. The Morgan fingerprint density at radius 3 is 2.20 bits per heavy atom. The molecule has 0 bridgehead atoms. The summed E-state index contributed by atoms with van der Waals surface area (Å²) in [5, 5.41) is 0. The van der Waals surface area contributed by atoms with Crippen molar-refractivity contribution in [3.8, 4) is 0 Å². The predicted molar refractivity (Wildman–Crippen MR) is 95.3 cm³/mol. The first kappa shape index (κ1) is 19.2. The van der Waals surface area contributed by atoms with E-state index in [9.17, 15) is 9.59 Å². The van der Waals surface area contributed by atoms with Gasteiger partial charge in [0.25, 0.3) is 0 Å². The molecule has 0 saturated carbocycles. The summed E-state index contributed by atoms with van der Waals surface area (Å²) in [4.78, 5) is 28.2. The molecular weight excluding hydrogens is 320 g/mol. The topological polar surface area (TPSA) is 59.1 Å². The lowest BCUT2D eigenvalue weighted by atomic mass is 10.0. The number of carbonyl (C=O) groups excluding carboxylic acids is 2. The molecule has 1 heterocycles. The lowest BCUT2D eigenvalue weighted by molar-refractivity contribution is -0.147. The molecule has 1 saturated heterocycles. The van der Waals surface area contributed by atoms with Gasteiger partial charge in [0, 0.05) is 26.2 Å². The third kappa shape index (κ3) is 5.74. The van der Waals surface area contributed by atoms with Crippen molar-refractivity contribution in [2.45, 2.75) is 38.8 Å². The Morgan fingerprint density at radius 1 is 1.08 bits per heavy atom. The van der Waals surface area contributed by atoms with Crippen LogP contribution in [0, 0.1) is 0 Å². The smallest absolute Gasteiger partial charge is 0.410 e. The fraction of sp³-hybridized carbons (Fsp3) is 0.579. The van der Waals surface area contributed by atoms with Crippen molar-refractivity contribution in [3.63, 3.8) is 0 Å². The van der Waals surface area contributed by atoms with Gasteiger partial charge >= 0.3 is 12.1 Å². The van der Waals surface area contributed by atoms with Crippen LogP contribution in [0.4, 0.5) is 4.79 Å². The molecule has 1 aliphatic rings. The van der Waals surface area contributed by atoms with Gasteiger partial charge in [-0.1, -0.05) is 30.3 Å². The van der Waals surface area contributed by atoms with Gasteiger partial charge in [0.1, 0.15) is 11.6 Å². The fourth-order valence-electron chi connectivity index (χ4n) is 2.88. The average molecular weight is 348 g/mol. The molecule has 0 aromatic heterocycles. The third-order valence-electron chi connectivity index (χ3n) is 4.15. The monoisotopic (exact) mass is 348 g/mol. The van der Waals surface area contributed by atoms with Gasteiger partial charge < -0.3 is 14.4 Å². The zero-order valence-corrected chi connectivity index (χ0v) is 15.5. The number of hydrogen-bond acceptors (Lipinski definition) is 5. The van der Waals surface area contributed by atoms with Gasteiger partial charge in [-0.25, -0.2) is 4.79 Å². The third-order valence-corrected chi connectivity index (χ3v) is 4.15. The number of amides is 1. The number of esters is 1. The van der Waals surface area contributed by atoms with Gasteiger partial charge in [0.05, 0.1) is 7.11 Å². The van der Waals surface area contributed by atoms with Crippen LogP contribution in [-0.2, 0) is 20.7 Å². The van der Waals surface area contributed by atoms with Crippen molar-refractivity contribution in [1.82, 2.24) is 9.80 Å². The highest BCUT2D eigenvalue weighted by Crippen LogP contribution is 2.16. The highest BCUT2D eigenvalue weighted by Gasteiger charge is 2.32. The van der Waals surface area contributed by atoms with Crippen LogP contribution in [0.25, 0.3) is 0 Å². The highest BCUT2D eigenvalue weighted by atomic mass is 16.6. The van der Waals surface area contributed by atoms with Gasteiger partial charge in [-0.15, -0.1) is 0 Å². The molecule has 1 amide bonds. The number of nitrogens with zero attached hydrogens (tertiary/aromatic N) is 2. The second-order valence-electron chi connectivity index (χ2n) is 7.23. The summed E-state index contributed by atoms with van der Waals surface area (Å²) < 4.78 is 10.4. The van der Waals surface area contributed by atoms with E-state index in [1.54, 1.807) is 4.90 Å². The van der Waals surface area contributed by atoms with Gasteiger partial charge in [-0.2, -0.15) is 0 Å². The van der Waals surface area contributed by atoms with E-state index in [1.807, 2.05) is 51.1 Å². The number of carbonyl (C=O) groups is 2. The molecule has 1 fully saturated rings. The van der Waals surface area contributed by atoms with Crippen molar-refractivity contribution < 1.29 is 19.1 Å². The van der Waals surface area contributed by atoms with E-state index in [0.717, 1.165) is 5.56 Å². The van der Waals surface area contributed by atoms with E-state index >= 15 is 0 Å². The summed E-state index contributed by atoms with van der Waals surface area (Å²) in [7, 11) is 1.41. The van der Waals surface area contributed by atoms with Gasteiger partial charge in [0.2, 0.25) is 0 Å². The first-order valence-electron chi connectivity index (χ1n) is 8.64. The lowest BCUT2D eigenvalue weighted by Crippen LogP contribution is -2.55. The normalized spacial score (nSPS) is 17.0. The number of methoxy groups -OCH3 is 1. The Bertz CT molecular complexity index is 575. The Morgan fingerprint density at radius 2 is 1.68 bits per heavy atom. The van der Waals surface area contributed by atoms with Gasteiger partial charge in [-0.3, -0.25) is 9.69 Å². The van der Waals surface area contributed by atoms with Gasteiger partial charge in [-0.05, 0) is 32.8 Å². The Balaban J connectivity index is 1.97. The van der Waals surface area contributed by atoms with Crippen molar-refractivity contribution in [2.24, 2.45) is 0 Å². The molecule has 6 nitrogen and oxygen atoms in total. The Labute approximate surface area is 149 Å². The Kier molecular flexibility index (Phi) is 6.42. The first-order valence-corrected chi connectivity index (χ1v) is 8.64.